The standard InChI is InChI=1S/C28H37NO/c1-3-5-7-12-17-23(16-9-6-4-2)25-21-24-18-13-19-27(30)28(24)29-26(25)20-22-14-10-8-11-15-22/h8,10-11,13-15,18-19,21,23,30H,3-7,9,12,16-17,20H2,1-2H3. The second-order valence-electron chi connectivity index (χ2n) is 8.58. The van der Waals surface area contributed by atoms with E-state index in [0.717, 1.165) is 23.0 Å². The highest BCUT2D eigenvalue weighted by Crippen LogP contribution is 2.35. The van der Waals surface area contributed by atoms with Crippen LogP contribution in [-0.4, -0.2) is 10.1 Å². The van der Waals surface area contributed by atoms with Crippen molar-refractivity contribution < 1.29 is 5.11 Å². The van der Waals surface area contributed by atoms with Gasteiger partial charge < -0.3 is 5.11 Å². The maximum absolute atomic E-state index is 10.4. The molecule has 0 aliphatic rings. The molecule has 1 heterocycles. The molecule has 0 saturated heterocycles. The Morgan fingerprint density at radius 1 is 0.800 bits per heavy atom. The molecule has 30 heavy (non-hydrogen) atoms. The highest BCUT2D eigenvalue weighted by Gasteiger charge is 2.18. The van der Waals surface area contributed by atoms with E-state index in [1.54, 1.807) is 6.07 Å². The molecule has 3 aromatic rings. The van der Waals surface area contributed by atoms with Gasteiger partial charge >= 0.3 is 0 Å². The van der Waals surface area contributed by atoms with Gasteiger partial charge in [0, 0.05) is 17.5 Å². The van der Waals surface area contributed by atoms with Crippen LogP contribution in [0.5, 0.6) is 5.75 Å². The van der Waals surface area contributed by atoms with E-state index in [1.165, 1.54) is 68.9 Å². The molecule has 1 N–H and O–H groups in total. The molecule has 1 aromatic heterocycles. The zero-order valence-electron chi connectivity index (χ0n) is 18.7. The van der Waals surface area contributed by atoms with Gasteiger partial charge in [-0.25, -0.2) is 4.98 Å². The third kappa shape index (κ3) is 6.08. The number of phenols is 1. The number of pyridine rings is 1. The molecule has 2 aromatic carbocycles. The number of nitrogens with zero attached hydrogens (tertiary/aromatic N) is 1. The predicted octanol–water partition coefficient (Wildman–Crippen LogP) is 8.17. The van der Waals surface area contributed by atoms with E-state index in [4.69, 9.17) is 4.98 Å². The minimum absolute atomic E-state index is 0.277. The lowest BCUT2D eigenvalue weighted by Crippen LogP contribution is -2.07. The third-order valence-corrected chi connectivity index (χ3v) is 6.15. The van der Waals surface area contributed by atoms with E-state index in [9.17, 15) is 5.11 Å². The molecule has 160 valence electrons. The van der Waals surface area contributed by atoms with Crippen LogP contribution in [-0.2, 0) is 6.42 Å². The van der Waals surface area contributed by atoms with Crippen LogP contribution in [0.2, 0.25) is 0 Å². The Bertz CT molecular complexity index is 903. The lowest BCUT2D eigenvalue weighted by Gasteiger charge is -2.21. The van der Waals surface area contributed by atoms with Crippen LogP contribution in [0.4, 0.5) is 0 Å². The summed E-state index contributed by atoms with van der Waals surface area (Å²) >= 11 is 0. The van der Waals surface area contributed by atoms with Gasteiger partial charge in [0.25, 0.3) is 0 Å². The highest BCUT2D eigenvalue weighted by atomic mass is 16.3. The van der Waals surface area contributed by atoms with E-state index in [2.05, 4.69) is 56.3 Å². The number of rotatable bonds is 12. The van der Waals surface area contributed by atoms with E-state index in [0.29, 0.717) is 5.92 Å². The molecule has 2 heteroatoms. The van der Waals surface area contributed by atoms with Crippen molar-refractivity contribution in [3.8, 4) is 5.75 Å². The molecule has 0 aliphatic heterocycles. The van der Waals surface area contributed by atoms with Crippen LogP contribution in [0.25, 0.3) is 10.9 Å². The largest absolute Gasteiger partial charge is 0.506 e. The van der Waals surface area contributed by atoms with Gasteiger partial charge in [0.2, 0.25) is 0 Å². The summed E-state index contributed by atoms with van der Waals surface area (Å²) in [7, 11) is 0. The molecular formula is C28H37NO. The molecule has 0 saturated carbocycles. The van der Waals surface area contributed by atoms with Crippen molar-refractivity contribution in [3.63, 3.8) is 0 Å². The first-order valence-electron chi connectivity index (χ1n) is 11.9. The molecule has 0 spiro atoms. The molecule has 3 rings (SSSR count). The zero-order valence-corrected chi connectivity index (χ0v) is 18.7. The number of aromatic hydroxyl groups is 1. The van der Waals surface area contributed by atoms with E-state index in [-0.39, 0.29) is 5.75 Å². The Balaban J connectivity index is 1.97. The molecule has 0 radical (unpaired) electrons. The smallest absolute Gasteiger partial charge is 0.141 e. The van der Waals surface area contributed by atoms with Gasteiger partial charge in [0.1, 0.15) is 11.3 Å². The van der Waals surface area contributed by atoms with Crippen molar-refractivity contribution >= 4 is 10.9 Å². The van der Waals surface area contributed by atoms with Crippen LogP contribution >= 0.6 is 0 Å². The summed E-state index contributed by atoms with van der Waals surface area (Å²) in [6, 6.07) is 18.7. The lowest BCUT2D eigenvalue weighted by atomic mass is 9.85. The van der Waals surface area contributed by atoms with Crippen molar-refractivity contribution in [3.05, 3.63) is 71.4 Å². The Kier molecular flexibility index (Phi) is 8.74. The van der Waals surface area contributed by atoms with Crippen molar-refractivity contribution in [2.45, 2.75) is 84.0 Å². The predicted molar refractivity (Wildman–Crippen MR) is 128 cm³/mol. The normalized spacial score (nSPS) is 12.3. The lowest BCUT2D eigenvalue weighted by molar-refractivity contribution is 0.479. The Morgan fingerprint density at radius 3 is 2.23 bits per heavy atom. The minimum atomic E-state index is 0.277. The molecule has 0 fully saturated rings. The third-order valence-electron chi connectivity index (χ3n) is 6.15. The Morgan fingerprint density at radius 2 is 1.50 bits per heavy atom. The van der Waals surface area contributed by atoms with Gasteiger partial charge in [0.15, 0.2) is 0 Å². The second-order valence-corrected chi connectivity index (χ2v) is 8.58. The first-order valence-corrected chi connectivity index (χ1v) is 11.9. The molecule has 0 aliphatic carbocycles. The average Bonchev–Trinajstić information content (AvgIpc) is 2.76. The fourth-order valence-electron chi connectivity index (χ4n) is 4.44. The zero-order chi connectivity index (χ0) is 21.2. The topological polar surface area (TPSA) is 33.1 Å². The SMILES string of the molecule is CCCCCCC(CCCCC)c1cc2cccc(O)c2nc1Cc1ccccc1. The molecule has 0 amide bonds. The summed E-state index contributed by atoms with van der Waals surface area (Å²) in [6.45, 7) is 4.55. The number of para-hydroxylation sites is 1. The summed E-state index contributed by atoms with van der Waals surface area (Å²) in [5.41, 5.74) is 4.53. The van der Waals surface area contributed by atoms with Gasteiger partial charge in [-0.1, -0.05) is 101 Å². The number of benzene rings is 2. The van der Waals surface area contributed by atoms with Crippen molar-refractivity contribution in [1.82, 2.24) is 4.98 Å². The number of hydrogen-bond acceptors (Lipinski definition) is 2. The summed E-state index contributed by atoms with van der Waals surface area (Å²) in [4.78, 5) is 5.01. The number of unbranched alkanes of at least 4 members (excludes halogenated alkanes) is 5. The van der Waals surface area contributed by atoms with Gasteiger partial charge in [0.05, 0.1) is 0 Å². The highest BCUT2D eigenvalue weighted by molar-refractivity contribution is 5.85. The molecule has 1 atom stereocenters. The van der Waals surface area contributed by atoms with Crippen LogP contribution in [0.15, 0.2) is 54.6 Å². The monoisotopic (exact) mass is 403 g/mol. The molecular weight excluding hydrogens is 366 g/mol. The van der Waals surface area contributed by atoms with Crippen molar-refractivity contribution in [1.29, 1.82) is 0 Å². The summed E-state index contributed by atoms with van der Waals surface area (Å²) in [5, 5.41) is 11.5. The quantitative estimate of drug-likeness (QED) is 0.309. The van der Waals surface area contributed by atoms with Gasteiger partial charge in [-0.3, -0.25) is 0 Å². The first-order chi connectivity index (χ1) is 14.7. The number of fused-ring (bicyclic) bond motifs is 1. The second kappa shape index (κ2) is 11.7. The van der Waals surface area contributed by atoms with Crippen molar-refractivity contribution in [2.75, 3.05) is 0 Å². The maximum Gasteiger partial charge on any atom is 0.141 e. The van der Waals surface area contributed by atoms with Gasteiger partial charge in [-0.2, -0.15) is 0 Å². The van der Waals surface area contributed by atoms with Crippen LogP contribution in [0.3, 0.4) is 0 Å². The fraction of sp³-hybridized carbons (Fsp3) is 0.464. The van der Waals surface area contributed by atoms with E-state index < -0.39 is 0 Å². The first kappa shape index (κ1) is 22.3. The summed E-state index contributed by atoms with van der Waals surface area (Å²) in [5.74, 6) is 0.824. The van der Waals surface area contributed by atoms with Gasteiger partial charge in [-0.15, -0.1) is 0 Å². The van der Waals surface area contributed by atoms with Crippen LogP contribution in [0, 0.1) is 0 Å². The van der Waals surface area contributed by atoms with E-state index in [1.807, 2.05) is 6.07 Å². The fourth-order valence-corrected chi connectivity index (χ4v) is 4.44. The number of hydrogen-bond donors (Lipinski definition) is 1. The number of phenolic OH excluding ortho intramolecular Hbond substituents is 1. The molecule has 1 unspecified atom stereocenters. The minimum Gasteiger partial charge on any atom is -0.506 e. The summed E-state index contributed by atoms with van der Waals surface area (Å²) < 4.78 is 0. The molecule has 0 bridgehead atoms. The molecule has 2 nitrogen and oxygen atoms in total. The van der Waals surface area contributed by atoms with Crippen LogP contribution < -0.4 is 0 Å². The maximum atomic E-state index is 10.4. The Hall–Kier alpha value is -2.35. The van der Waals surface area contributed by atoms with Crippen LogP contribution in [0.1, 0.15) is 94.4 Å². The average molecular weight is 404 g/mol. The number of aromatic nitrogens is 1. The van der Waals surface area contributed by atoms with E-state index >= 15 is 0 Å². The Labute approximate surface area is 182 Å². The van der Waals surface area contributed by atoms with Crippen molar-refractivity contribution in [2.24, 2.45) is 0 Å². The van der Waals surface area contributed by atoms with Gasteiger partial charge in [-0.05, 0) is 42.0 Å². The summed E-state index contributed by atoms with van der Waals surface area (Å²) in [6.07, 6.45) is 12.3.